The summed E-state index contributed by atoms with van der Waals surface area (Å²) < 4.78 is 4.86. The van der Waals surface area contributed by atoms with E-state index in [9.17, 15) is 4.79 Å². The Labute approximate surface area is 113 Å². The smallest absolute Gasteiger partial charge is 0.221 e. The van der Waals surface area contributed by atoms with Crippen molar-refractivity contribution in [3.05, 3.63) is 0 Å². The number of ether oxygens (including phenoxy) is 1. The minimum absolute atomic E-state index is 0.0276. The fraction of sp³-hybridized carbons (Fsp3) is 0.833. The number of methoxy groups -OCH3 is 1. The molecule has 5 nitrogen and oxygen atoms in total. The highest BCUT2D eigenvalue weighted by Gasteiger charge is 2.22. The van der Waals surface area contributed by atoms with Crippen molar-refractivity contribution in [3.8, 4) is 0 Å². The molecule has 0 radical (unpaired) electrons. The molecule has 0 saturated carbocycles. The summed E-state index contributed by atoms with van der Waals surface area (Å²) in [6.45, 7) is 6.05. The average Bonchev–Trinajstić information content (AvgIpc) is 2.78. The zero-order valence-electron chi connectivity index (χ0n) is 11.4. The third kappa shape index (κ3) is 5.73. The average molecular weight is 273 g/mol. The van der Waals surface area contributed by atoms with Gasteiger partial charge in [0.2, 0.25) is 5.91 Å². The highest BCUT2D eigenvalue weighted by molar-refractivity contribution is 8.14. The molecule has 1 unspecified atom stereocenters. The minimum atomic E-state index is 0.0276. The number of hydrogen-bond donors (Lipinski definition) is 2. The lowest BCUT2D eigenvalue weighted by molar-refractivity contribution is -0.121. The monoisotopic (exact) mass is 273 g/mol. The first-order valence-corrected chi connectivity index (χ1v) is 7.31. The number of nitrogens with zero attached hydrogens (tertiary/aromatic N) is 1. The second-order valence-corrected chi connectivity index (χ2v) is 5.59. The topological polar surface area (TPSA) is 62.7 Å². The van der Waals surface area contributed by atoms with E-state index in [2.05, 4.69) is 29.5 Å². The molecular formula is C12H23N3O2S. The molecule has 1 aliphatic heterocycles. The fourth-order valence-electron chi connectivity index (χ4n) is 1.50. The zero-order chi connectivity index (χ0) is 13.4. The molecule has 1 aliphatic rings. The molecule has 2 N–H and O–H groups in total. The van der Waals surface area contributed by atoms with Crippen LogP contribution in [0.3, 0.4) is 0 Å². The molecule has 1 amide bonds. The van der Waals surface area contributed by atoms with Crippen molar-refractivity contribution >= 4 is 22.8 Å². The maximum Gasteiger partial charge on any atom is 0.221 e. The molecule has 0 aromatic rings. The van der Waals surface area contributed by atoms with Crippen molar-refractivity contribution in [2.45, 2.75) is 26.3 Å². The van der Waals surface area contributed by atoms with Gasteiger partial charge in [0.05, 0.1) is 13.2 Å². The van der Waals surface area contributed by atoms with Crippen molar-refractivity contribution in [1.82, 2.24) is 10.6 Å². The van der Waals surface area contributed by atoms with E-state index < -0.39 is 0 Å². The maximum atomic E-state index is 11.4. The van der Waals surface area contributed by atoms with Gasteiger partial charge in [0.25, 0.3) is 0 Å². The molecule has 6 heteroatoms. The molecule has 1 fully saturated rings. The predicted octanol–water partition coefficient (Wildman–Crippen LogP) is 0.856. The van der Waals surface area contributed by atoms with E-state index >= 15 is 0 Å². The van der Waals surface area contributed by atoms with Crippen LogP contribution in [0.2, 0.25) is 0 Å². The van der Waals surface area contributed by atoms with E-state index in [4.69, 9.17) is 4.74 Å². The molecule has 0 aliphatic carbocycles. The lowest BCUT2D eigenvalue weighted by Crippen LogP contribution is -2.32. The highest BCUT2D eigenvalue weighted by atomic mass is 32.2. The number of aliphatic imine (C=N–C) groups is 1. The Bertz CT molecular complexity index is 295. The maximum absolute atomic E-state index is 11.4. The first kappa shape index (κ1) is 15.3. The molecule has 0 spiro atoms. The number of thioether (sulfide) groups is 1. The zero-order valence-corrected chi connectivity index (χ0v) is 12.2. The number of rotatable bonds is 7. The molecule has 0 aromatic carbocycles. The highest BCUT2D eigenvalue weighted by Crippen LogP contribution is 2.18. The van der Waals surface area contributed by atoms with Crippen LogP contribution in [-0.2, 0) is 9.53 Å². The minimum Gasteiger partial charge on any atom is -0.383 e. The van der Waals surface area contributed by atoms with Gasteiger partial charge in [-0.3, -0.25) is 9.79 Å². The van der Waals surface area contributed by atoms with Gasteiger partial charge in [0.1, 0.15) is 0 Å². The van der Waals surface area contributed by atoms with Gasteiger partial charge in [-0.15, -0.1) is 0 Å². The van der Waals surface area contributed by atoms with Gasteiger partial charge < -0.3 is 15.4 Å². The van der Waals surface area contributed by atoms with E-state index in [1.807, 2.05) is 0 Å². The van der Waals surface area contributed by atoms with Crippen LogP contribution in [0.25, 0.3) is 0 Å². The Morgan fingerprint density at radius 2 is 2.44 bits per heavy atom. The molecule has 1 atom stereocenters. The second-order valence-electron chi connectivity index (χ2n) is 4.59. The Morgan fingerprint density at radius 3 is 3.06 bits per heavy atom. The summed E-state index contributed by atoms with van der Waals surface area (Å²) in [5.41, 5.74) is 0. The van der Waals surface area contributed by atoms with Crippen molar-refractivity contribution in [2.75, 3.05) is 32.6 Å². The number of carbonyl (C=O) groups excluding carboxylic acids is 1. The first-order chi connectivity index (χ1) is 8.63. The molecule has 104 valence electrons. The van der Waals surface area contributed by atoms with Crippen LogP contribution >= 0.6 is 11.8 Å². The summed E-state index contributed by atoms with van der Waals surface area (Å²) in [4.78, 5) is 15.8. The van der Waals surface area contributed by atoms with E-state index in [0.29, 0.717) is 38.1 Å². The van der Waals surface area contributed by atoms with Crippen molar-refractivity contribution in [2.24, 2.45) is 10.9 Å². The molecular weight excluding hydrogens is 250 g/mol. The SMILES string of the molecule is COCCNC(=O)CCN=C1NC(C(C)C)CS1. The molecule has 1 rings (SSSR count). The lowest BCUT2D eigenvalue weighted by Gasteiger charge is -2.13. The van der Waals surface area contributed by atoms with Crippen LogP contribution in [-0.4, -0.2) is 49.7 Å². The van der Waals surface area contributed by atoms with Crippen LogP contribution in [0.5, 0.6) is 0 Å². The Kier molecular flexibility index (Phi) is 7.12. The number of nitrogens with one attached hydrogen (secondary N) is 2. The summed E-state index contributed by atoms with van der Waals surface area (Å²) in [6.07, 6.45) is 0.432. The number of amidine groups is 1. The quantitative estimate of drug-likeness (QED) is 0.675. The Morgan fingerprint density at radius 1 is 1.67 bits per heavy atom. The van der Waals surface area contributed by atoms with Gasteiger partial charge in [-0.1, -0.05) is 25.6 Å². The standard InChI is InChI=1S/C12H23N3O2S/c1-9(2)10-8-18-12(15-10)14-5-4-11(16)13-6-7-17-3/h9-10H,4-8H2,1-3H3,(H,13,16)(H,14,15). The summed E-state index contributed by atoms with van der Waals surface area (Å²) in [6, 6.07) is 0.504. The van der Waals surface area contributed by atoms with Gasteiger partial charge in [-0.25, -0.2) is 0 Å². The predicted molar refractivity (Wildman–Crippen MR) is 76.0 cm³/mol. The van der Waals surface area contributed by atoms with Gasteiger partial charge in [0.15, 0.2) is 5.17 Å². The van der Waals surface area contributed by atoms with Crippen LogP contribution in [0.1, 0.15) is 20.3 Å². The molecule has 18 heavy (non-hydrogen) atoms. The van der Waals surface area contributed by atoms with Crippen LogP contribution in [0, 0.1) is 5.92 Å². The molecule has 1 saturated heterocycles. The van der Waals surface area contributed by atoms with Crippen LogP contribution in [0.4, 0.5) is 0 Å². The summed E-state index contributed by atoms with van der Waals surface area (Å²) in [7, 11) is 1.62. The number of amides is 1. The van der Waals surface area contributed by atoms with Gasteiger partial charge in [-0.2, -0.15) is 0 Å². The fourth-order valence-corrected chi connectivity index (χ4v) is 2.72. The van der Waals surface area contributed by atoms with Crippen molar-refractivity contribution < 1.29 is 9.53 Å². The van der Waals surface area contributed by atoms with E-state index in [1.54, 1.807) is 18.9 Å². The Balaban J connectivity index is 2.15. The normalized spacial score (nSPS) is 21.3. The van der Waals surface area contributed by atoms with Gasteiger partial charge in [-0.05, 0) is 5.92 Å². The lowest BCUT2D eigenvalue weighted by atomic mass is 10.1. The van der Waals surface area contributed by atoms with Crippen LogP contribution in [0.15, 0.2) is 4.99 Å². The first-order valence-electron chi connectivity index (χ1n) is 6.33. The summed E-state index contributed by atoms with van der Waals surface area (Å²) in [5, 5.41) is 7.12. The molecule has 0 aromatic heterocycles. The van der Waals surface area contributed by atoms with E-state index in [1.165, 1.54) is 0 Å². The Hall–Kier alpha value is -0.750. The third-order valence-electron chi connectivity index (χ3n) is 2.74. The summed E-state index contributed by atoms with van der Waals surface area (Å²) >= 11 is 1.74. The van der Waals surface area contributed by atoms with Gasteiger partial charge >= 0.3 is 0 Å². The van der Waals surface area contributed by atoms with Crippen molar-refractivity contribution in [1.29, 1.82) is 0 Å². The number of carbonyl (C=O) groups is 1. The van der Waals surface area contributed by atoms with Crippen LogP contribution < -0.4 is 10.6 Å². The number of hydrogen-bond acceptors (Lipinski definition) is 4. The molecule has 1 heterocycles. The largest absolute Gasteiger partial charge is 0.383 e. The van der Waals surface area contributed by atoms with Gasteiger partial charge in [0, 0.05) is 31.9 Å². The molecule has 0 bridgehead atoms. The van der Waals surface area contributed by atoms with Crippen molar-refractivity contribution in [3.63, 3.8) is 0 Å². The van der Waals surface area contributed by atoms with E-state index in [0.717, 1.165) is 10.9 Å². The third-order valence-corrected chi connectivity index (χ3v) is 3.78. The second kappa shape index (κ2) is 8.37. The van der Waals surface area contributed by atoms with E-state index in [-0.39, 0.29) is 5.91 Å². The summed E-state index contributed by atoms with van der Waals surface area (Å²) in [5.74, 6) is 1.71.